The number of ether oxygens (including phenoxy) is 1. The summed E-state index contributed by atoms with van der Waals surface area (Å²) >= 11 is 0. The molecule has 0 heterocycles. The van der Waals surface area contributed by atoms with Crippen LogP contribution in [0.2, 0.25) is 0 Å². The lowest BCUT2D eigenvalue weighted by Gasteiger charge is -2.23. The van der Waals surface area contributed by atoms with Crippen molar-refractivity contribution in [3.63, 3.8) is 0 Å². The van der Waals surface area contributed by atoms with E-state index in [4.69, 9.17) is 4.74 Å². The third-order valence-corrected chi connectivity index (χ3v) is 3.69. The molecule has 1 aromatic carbocycles. The van der Waals surface area contributed by atoms with Crippen LogP contribution in [-0.4, -0.2) is 12.9 Å². The van der Waals surface area contributed by atoms with E-state index in [1.54, 1.807) is 30.4 Å². The number of methoxy groups -OCH3 is 1. The first-order chi connectivity index (χ1) is 10.9. The van der Waals surface area contributed by atoms with Crippen molar-refractivity contribution in [3.05, 3.63) is 73.1 Å². The Morgan fingerprint density at radius 1 is 1.35 bits per heavy atom. The van der Waals surface area contributed by atoms with E-state index in [-0.39, 0.29) is 17.6 Å². The zero-order valence-corrected chi connectivity index (χ0v) is 13.8. The van der Waals surface area contributed by atoms with Gasteiger partial charge in [0, 0.05) is 6.42 Å². The van der Waals surface area contributed by atoms with E-state index in [1.807, 2.05) is 6.92 Å². The number of carbonyl (C=O) groups excluding carboxylic acids is 1. The maximum Gasteiger partial charge on any atom is 0.167 e. The minimum Gasteiger partial charge on any atom is -0.496 e. The Bertz CT molecular complexity index is 643. The molecule has 0 aliphatic rings. The van der Waals surface area contributed by atoms with E-state index in [1.165, 1.54) is 13.2 Å². The summed E-state index contributed by atoms with van der Waals surface area (Å²) in [6.07, 6.45) is 6.89. The van der Waals surface area contributed by atoms with Crippen molar-refractivity contribution in [1.82, 2.24) is 0 Å². The summed E-state index contributed by atoms with van der Waals surface area (Å²) in [5.74, 6) is -0.0762. The molecular formula is C20H23FO2. The minimum absolute atomic E-state index is 0.0830. The van der Waals surface area contributed by atoms with Gasteiger partial charge in [-0.25, -0.2) is 4.39 Å². The third kappa shape index (κ3) is 5.06. The molecule has 0 amide bonds. The Kier molecular flexibility index (Phi) is 6.70. The number of carbonyl (C=O) groups is 1. The van der Waals surface area contributed by atoms with Crippen molar-refractivity contribution in [2.45, 2.75) is 19.8 Å². The third-order valence-electron chi connectivity index (χ3n) is 3.69. The molecular weight excluding hydrogens is 291 g/mol. The summed E-state index contributed by atoms with van der Waals surface area (Å²) in [5.41, 5.74) is 0.632. The molecule has 0 bridgehead atoms. The summed E-state index contributed by atoms with van der Waals surface area (Å²) < 4.78 is 18.6. The van der Waals surface area contributed by atoms with Crippen LogP contribution >= 0.6 is 0 Å². The first-order valence-electron chi connectivity index (χ1n) is 7.34. The van der Waals surface area contributed by atoms with Gasteiger partial charge in [0.2, 0.25) is 0 Å². The van der Waals surface area contributed by atoms with Crippen LogP contribution in [0.1, 0.15) is 35.7 Å². The number of rotatable bonds is 9. The fourth-order valence-corrected chi connectivity index (χ4v) is 2.27. The SMILES string of the molecule is C=CCC(C)(C=C)CC(=O)c1cc(/C=C(/F)C=C)ccc1OC. The zero-order chi connectivity index (χ0) is 17.5. The van der Waals surface area contributed by atoms with Crippen molar-refractivity contribution in [1.29, 1.82) is 0 Å². The Hall–Kier alpha value is -2.42. The quantitative estimate of drug-likeness (QED) is 0.340. The second kappa shape index (κ2) is 8.28. The summed E-state index contributed by atoms with van der Waals surface area (Å²) in [5, 5.41) is 0. The fourth-order valence-electron chi connectivity index (χ4n) is 2.27. The Morgan fingerprint density at radius 3 is 2.57 bits per heavy atom. The van der Waals surface area contributed by atoms with Crippen LogP contribution in [0.25, 0.3) is 6.08 Å². The molecule has 0 radical (unpaired) electrons. The molecule has 0 aliphatic carbocycles. The van der Waals surface area contributed by atoms with Gasteiger partial charge in [0.25, 0.3) is 0 Å². The molecule has 122 valence electrons. The van der Waals surface area contributed by atoms with Crippen molar-refractivity contribution < 1.29 is 13.9 Å². The summed E-state index contributed by atoms with van der Waals surface area (Å²) in [6.45, 7) is 12.9. The highest BCUT2D eigenvalue weighted by Crippen LogP contribution is 2.32. The standard InChI is InChI=1S/C20H23FO2/c1-6-11-20(4,8-3)14-18(22)17-13-15(12-16(21)7-2)9-10-19(17)23-5/h6-10,12-13H,1-3,11,14H2,4-5H3/b16-12+. The lowest BCUT2D eigenvalue weighted by atomic mass is 9.80. The van der Waals surface area contributed by atoms with Crippen molar-refractivity contribution >= 4 is 11.9 Å². The van der Waals surface area contributed by atoms with E-state index >= 15 is 0 Å². The normalized spacial score (nSPS) is 13.8. The molecule has 0 saturated heterocycles. The van der Waals surface area contributed by atoms with Crippen molar-refractivity contribution in [2.75, 3.05) is 7.11 Å². The first kappa shape index (κ1) is 18.6. The average Bonchev–Trinajstić information content (AvgIpc) is 2.54. The lowest BCUT2D eigenvalue weighted by Crippen LogP contribution is -2.18. The molecule has 0 fully saturated rings. The first-order valence-corrected chi connectivity index (χ1v) is 7.34. The molecule has 2 nitrogen and oxygen atoms in total. The molecule has 1 aromatic rings. The van der Waals surface area contributed by atoms with Crippen LogP contribution in [0.3, 0.4) is 0 Å². The number of benzene rings is 1. The highest BCUT2D eigenvalue weighted by molar-refractivity contribution is 5.99. The van der Waals surface area contributed by atoms with E-state index in [0.717, 1.165) is 6.08 Å². The molecule has 0 aliphatic heterocycles. The van der Waals surface area contributed by atoms with Gasteiger partial charge in [-0.15, -0.1) is 13.2 Å². The van der Waals surface area contributed by atoms with Gasteiger partial charge in [-0.1, -0.05) is 31.7 Å². The van der Waals surface area contributed by atoms with Gasteiger partial charge < -0.3 is 4.74 Å². The van der Waals surface area contributed by atoms with Crippen molar-refractivity contribution in [2.24, 2.45) is 5.41 Å². The smallest absolute Gasteiger partial charge is 0.167 e. The molecule has 0 spiro atoms. The van der Waals surface area contributed by atoms with E-state index in [9.17, 15) is 9.18 Å². The van der Waals surface area contributed by atoms with Gasteiger partial charge in [0.05, 0.1) is 12.7 Å². The fraction of sp³-hybridized carbons (Fsp3) is 0.250. The molecule has 1 unspecified atom stereocenters. The highest BCUT2D eigenvalue weighted by atomic mass is 19.1. The van der Waals surface area contributed by atoms with E-state index in [2.05, 4.69) is 19.7 Å². The van der Waals surface area contributed by atoms with Crippen LogP contribution in [0.4, 0.5) is 4.39 Å². The van der Waals surface area contributed by atoms with E-state index in [0.29, 0.717) is 23.3 Å². The Balaban J connectivity index is 3.20. The van der Waals surface area contributed by atoms with Crippen LogP contribution in [0.5, 0.6) is 5.75 Å². The number of hydrogen-bond donors (Lipinski definition) is 0. The van der Waals surface area contributed by atoms with Crippen LogP contribution in [0, 0.1) is 5.41 Å². The maximum atomic E-state index is 13.4. The molecule has 3 heteroatoms. The Morgan fingerprint density at radius 2 is 2.04 bits per heavy atom. The second-order valence-electron chi connectivity index (χ2n) is 5.64. The predicted molar refractivity (Wildman–Crippen MR) is 94.3 cm³/mol. The molecule has 0 aromatic heterocycles. The Labute approximate surface area is 137 Å². The highest BCUT2D eigenvalue weighted by Gasteiger charge is 2.25. The average molecular weight is 314 g/mol. The van der Waals surface area contributed by atoms with Gasteiger partial charge in [-0.3, -0.25) is 4.79 Å². The topological polar surface area (TPSA) is 26.3 Å². The van der Waals surface area contributed by atoms with Crippen molar-refractivity contribution in [3.8, 4) is 5.75 Å². The summed E-state index contributed by atoms with van der Waals surface area (Å²) in [4.78, 5) is 12.7. The molecule has 0 saturated carbocycles. The van der Waals surface area contributed by atoms with Crippen LogP contribution in [-0.2, 0) is 0 Å². The van der Waals surface area contributed by atoms with Crippen LogP contribution in [0.15, 0.2) is 62.0 Å². The van der Waals surface area contributed by atoms with Gasteiger partial charge in [-0.2, -0.15) is 0 Å². The van der Waals surface area contributed by atoms with Gasteiger partial charge in [-0.05, 0) is 41.7 Å². The van der Waals surface area contributed by atoms with Crippen LogP contribution < -0.4 is 4.74 Å². The number of halogens is 1. The van der Waals surface area contributed by atoms with Gasteiger partial charge in [0.1, 0.15) is 11.6 Å². The molecule has 0 N–H and O–H groups in total. The number of allylic oxidation sites excluding steroid dienone is 4. The molecule has 23 heavy (non-hydrogen) atoms. The molecule has 1 atom stereocenters. The monoisotopic (exact) mass is 314 g/mol. The van der Waals surface area contributed by atoms with E-state index < -0.39 is 5.83 Å². The van der Waals surface area contributed by atoms with Gasteiger partial charge >= 0.3 is 0 Å². The molecule has 1 rings (SSSR count). The second-order valence-corrected chi connectivity index (χ2v) is 5.64. The van der Waals surface area contributed by atoms with Gasteiger partial charge in [0.15, 0.2) is 5.78 Å². The lowest BCUT2D eigenvalue weighted by molar-refractivity contribution is 0.0941. The summed E-state index contributed by atoms with van der Waals surface area (Å²) in [7, 11) is 1.50. The summed E-state index contributed by atoms with van der Waals surface area (Å²) in [6, 6.07) is 4.98. The predicted octanol–water partition coefficient (Wildman–Crippen LogP) is 5.53. The number of Topliss-reactive ketones (excluding diaryl/α,β-unsaturated/α-hetero) is 1. The maximum absolute atomic E-state index is 13.4. The largest absolute Gasteiger partial charge is 0.496 e. The minimum atomic E-state index is -0.462. The number of hydrogen-bond acceptors (Lipinski definition) is 2. The number of ketones is 1. The zero-order valence-electron chi connectivity index (χ0n) is 13.8.